The molecule has 5 heteroatoms. The van der Waals surface area contributed by atoms with Crippen LogP contribution in [0.4, 0.5) is 0 Å². The first-order chi connectivity index (χ1) is 13.8. The van der Waals surface area contributed by atoms with Gasteiger partial charge in [-0.3, -0.25) is 0 Å². The van der Waals surface area contributed by atoms with Gasteiger partial charge in [-0.1, -0.05) is 24.3 Å². The minimum absolute atomic E-state index is 0.307. The molecular weight excluding hydrogens is 386 g/mol. The lowest BCUT2D eigenvalue weighted by Gasteiger charge is -1.99. The van der Waals surface area contributed by atoms with Gasteiger partial charge >= 0.3 is 5.63 Å². The molecule has 5 rings (SSSR count). The number of thiophene rings is 2. The number of hydrogen-bond donors (Lipinski definition) is 1. The van der Waals surface area contributed by atoms with Gasteiger partial charge in [0.25, 0.3) is 0 Å². The van der Waals surface area contributed by atoms with Crippen molar-refractivity contribution in [3.8, 4) is 21.0 Å². The van der Waals surface area contributed by atoms with Crippen molar-refractivity contribution in [2.24, 2.45) is 0 Å². The van der Waals surface area contributed by atoms with Crippen LogP contribution in [-0.4, -0.2) is 4.98 Å². The lowest BCUT2D eigenvalue weighted by Crippen LogP contribution is -2.01. The Kier molecular flexibility index (Phi) is 4.31. The van der Waals surface area contributed by atoms with E-state index >= 15 is 0 Å². The minimum atomic E-state index is -0.307. The molecule has 0 saturated carbocycles. The summed E-state index contributed by atoms with van der Waals surface area (Å²) in [6, 6.07) is 21.7. The third-order valence-electron chi connectivity index (χ3n) is 4.46. The van der Waals surface area contributed by atoms with Crippen molar-refractivity contribution in [2.45, 2.75) is 0 Å². The fourth-order valence-corrected chi connectivity index (χ4v) is 4.68. The van der Waals surface area contributed by atoms with Gasteiger partial charge < -0.3 is 9.40 Å². The normalized spacial score (nSPS) is 11.6. The third kappa shape index (κ3) is 3.26. The van der Waals surface area contributed by atoms with E-state index in [2.05, 4.69) is 40.7 Å². The summed E-state index contributed by atoms with van der Waals surface area (Å²) in [6.45, 7) is 0. The molecule has 1 N–H and O–H groups in total. The average molecular weight is 402 g/mol. The number of nitrogens with one attached hydrogen (secondary N) is 1. The zero-order valence-corrected chi connectivity index (χ0v) is 16.3. The molecule has 1 aromatic carbocycles. The molecule has 5 aromatic rings. The van der Waals surface area contributed by atoms with Gasteiger partial charge in [-0.25, -0.2) is 4.79 Å². The molecule has 0 fully saturated rings. The maximum atomic E-state index is 12.4. The smallest absolute Gasteiger partial charge is 0.345 e. The molecule has 4 aromatic heterocycles. The van der Waals surface area contributed by atoms with Gasteiger partial charge in [0, 0.05) is 20.8 Å². The molecule has 0 spiro atoms. The van der Waals surface area contributed by atoms with E-state index in [1.165, 1.54) is 4.88 Å². The van der Waals surface area contributed by atoms with Crippen LogP contribution in [0, 0.1) is 0 Å². The van der Waals surface area contributed by atoms with Gasteiger partial charge in [-0.05, 0) is 60.0 Å². The monoisotopic (exact) mass is 401 g/mol. The molecule has 0 atom stereocenters. The molecule has 0 aliphatic rings. The molecule has 0 unspecified atom stereocenters. The summed E-state index contributed by atoms with van der Waals surface area (Å²) in [7, 11) is 0. The van der Waals surface area contributed by atoms with Crippen LogP contribution in [0.1, 0.15) is 10.6 Å². The van der Waals surface area contributed by atoms with Gasteiger partial charge in [0.15, 0.2) is 0 Å². The SMILES string of the molecule is O=c1oc2ccccc2cc1-c1ccc(-c2ccc(/C=C/c3cccs3)[nH]2)s1. The number of aromatic amines is 1. The first-order valence-electron chi connectivity index (χ1n) is 8.80. The van der Waals surface area contributed by atoms with E-state index in [1.807, 2.05) is 48.5 Å². The second-order valence-corrected chi connectivity index (χ2v) is 8.39. The number of aromatic nitrogens is 1. The average Bonchev–Trinajstić information content (AvgIpc) is 3.47. The Bertz CT molecular complexity index is 1340. The Hall–Kier alpha value is -3.15. The fraction of sp³-hybridized carbons (Fsp3) is 0. The molecule has 0 aliphatic carbocycles. The molecule has 0 radical (unpaired) electrons. The van der Waals surface area contributed by atoms with E-state index in [9.17, 15) is 4.79 Å². The molecule has 0 bridgehead atoms. The molecule has 0 aliphatic heterocycles. The zero-order valence-electron chi connectivity index (χ0n) is 14.7. The third-order valence-corrected chi connectivity index (χ3v) is 6.45. The Labute approximate surface area is 169 Å². The van der Waals surface area contributed by atoms with Crippen LogP contribution in [0.15, 0.2) is 81.3 Å². The first-order valence-corrected chi connectivity index (χ1v) is 10.5. The summed E-state index contributed by atoms with van der Waals surface area (Å²) in [5.41, 5.74) is 2.98. The van der Waals surface area contributed by atoms with E-state index in [4.69, 9.17) is 4.42 Å². The molecule has 3 nitrogen and oxygen atoms in total. The summed E-state index contributed by atoms with van der Waals surface area (Å²) < 4.78 is 5.47. The summed E-state index contributed by atoms with van der Waals surface area (Å²) in [5, 5.41) is 2.99. The van der Waals surface area contributed by atoms with Gasteiger partial charge in [-0.15, -0.1) is 22.7 Å². The van der Waals surface area contributed by atoms with Gasteiger partial charge in [0.2, 0.25) is 0 Å². The van der Waals surface area contributed by atoms with Crippen LogP contribution < -0.4 is 5.63 Å². The van der Waals surface area contributed by atoms with E-state index in [1.54, 1.807) is 22.7 Å². The lowest BCUT2D eigenvalue weighted by molar-refractivity contribution is 0.564. The number of fused-ring (bicyclic) bond motifs is 1. The molecule has 28 heavy (non-hydrogen) atoms. The lowest BCUT2D eigenvalue weighted by atomic mass is 10.1. The topological polar surface area (TPSA) is 46.0 Å². The van der Waals surface area contributed by atoms with Gasteiger partial charge in [-0.2, -0.15) is 0 Å². The minimum Gasteiger partial charge on any atom is -0.422 e. The van der Waals surface area contributed by atoms with Crippen LogP contribution >= 0.6 is 22.7 Å². The van der Waals surface area contributed by atoms with Crippen molar-refractivity contribution in [1.82, 2.24) is 4.98 Å². The summed E-state index contributed by atoms with van der Waals surface area (Å²) in [4.78, 5) is 19.0. The van der Waals surface area contributed by atoms with Crippen LogP contribution in [0.2, 0.25) is 0 Å². The van der Waals surface area contributed by atoms with E-state index in [0.29, 0.717) is 11.1 Å². The first kappa shape index (κ1) is 17.0. The largest absolute Gasteiger partial charge is 0.422 e. The molecule has 136 valence electrons. The highest BCUT2D eigenvalue weighted by molar-refractivity contribution is 7.18. The van der Waals surface area contributed by atoms with E-state index < -0.39 is 0 Å². The molecule has 0 amide bonds. The standard InChI is InChI=1S/C23H15NO2S2/c25-23-18(14-15-4-1-2-6-20(15)26-23)21-11-12-22(28-21)19-10-8-16(24-19)7-9-17-5-3-13-27-17/h1-14,24H/b9-7+. The van der Waals surface area contributed by atoms with Crippen LogP contribution in [0.5, 0.6) is 0 Å². The molecular formula is C23H15NO2S2. The van der Waals surface area contributed by atoms with Crippen molar-refractivity contribution in [1.29, 1.82) is 0 Å². The second kappa shape index (κ2) is 7.11. The highest BCUT2D eigenvalue weighted by Gasteiger charge is 2.12. The Morgan fingerprint density at radius 1 is 0.893 bits per heavy atom. The number of benzene rings is 1. The van der Waals surface area contributed by atoms with Gasteiger partial charge in [0.05, 0.1) is 16.1 Å². The highest BCUT2D eigenvalue weighted by atomic mass is 32.1. The quantitative estimate of drug-likeness (QED) is 0.339. The van der Waals surface area contributed by atoms with Crippen molar-refractivity contribution < 1.29 is 4.42 Å². The van der Waals surface area contributed by atoms with Crippen LogP contribution in [0.3, 0.4) is 0 Å². The van der Waals surface area contributed by atoms with Crippen LogP contribution in [0.25, 0.3) is 44.1 Å². The molecule has 4 heterocycles. The second-order valence-electron chi connectivity index (χ2n) is 6.33. The maximum absolute atomic E-state index is 12.4. The summed E-state index contributed by atoms with van der Waals surface area (Å²) in [6.07, 6.45) is 4.17. The predicted octanol–water partition coefficient (Wildman–Crippen LogP) is 6.75. The molecule has 0 saturated heterocycles. The van der Waals surface area contributed by atoms with E-state index in [-0.39, 0.29) is 5.63 Å². The maximum Gasteiger partial charge on any atom is 0.345 e. The van der Waals surface area contributed by atoms with Crippen molar-refractivity contribution in [2.75, 3.05) is 0 Å². The number of H-pyrrole nitrogens is 1. The van der Waals surface area contributed by atoms with E-state index in [0.717, 1.165) is 26.5 Å². The van der Waals surface area contributed by atoms with Crippen molar-refractivity contribution >= 4 is 45.8 Å². The zero-order chi connectivity index (χ0) is 18.9. The number of hydrogen-bond acceptors (Lipinski definition) is 4. The number of para-hydroxylation sites is 1. The summed E-state index contributed by atoms with van der Waals surface area (Å²) in [5.74, 6) is 0. The Balaban J connectivity index is 1.45. The Morgan fingerprint density at radius 3 is 2.68 bits per heavy atom. The Morgan fingerprint density at radius 2 is 1.79 bits per heavy atom. The van der Waals surface area contributed by atoms with Crippen LogP contribution in [-0.2, 0) is 0 Å². The van der Waals surface area contributed by atoms with Gasteiger partial charge in [0.1, 0.15) is 5.58 Å². The highest BCUT2D eigenvalue weighted by Crippen LogP contribution is 2.34. The predicted molar refractivity (Wildman–Crippen MR) is 119 cm³/mol. The van der Waals surface area contributed by atoms with Crippen molar-refractivity contribution in [3.05, 3.63) is 93.1 Å². The van der Waals surface area contributed by atoms with Crippen molar-refractivity contribution in [3.63, 3.8) is 0 Å². The number of rotatable bonds is 4. The fourth-order valence-electron chi connectivity index (χ4n) is 3.07. The summed E-state index contributed by atoms with van der Waals surface area (Å²) >= 11 is 3.29.